The van der Waals surface area contributed by atoms with Gasteiger partial charge in [0.2, 0.25) is 11.8 Å². The Hall–Kier alpha value is -3.46. The van der Waals surface area contributed by atoms with E-state index in [2.05, 4.69) is 45.7 Å². The summed E-state index contributed by atoms with van der Waals surface area (Å²) in [6.45, 7) is 4.33. The van der Waals surface area contributed by atoms with E-state index in [-0.39, 0.29) is 5.69 Å². The van der Waals surface area contributed by atoms with E-state index in [1.165, 1.54) is 29.5 Å². The molecule has 0 saturated heterocycles. The van der Waals surface area contributed by atoms with Crippen molar-refractivity contribution in [1.82, 2.24) is 19.7 Å². The minimum absolute atomic E-state index is 0.0163. The van der Waals surface area contributed by atoms with E-state index in [1.54, 1.807) is 18.3 Å². The summed E-state index contributed by atoms with van der Waals surface area (Å²) in [7, 11) is 0. The Balaban J connectivity index is 1.50. The van der Waals surface area contributed by atoms with E-state index in [9.17, 15) is 10.1 Å². The number of non-ortho nitro benzene ring substituents is 1. The Bertz CT molecular complexity index is 1170. The Morgan fingerprint density at radius 3 is 2.63 bits per heavy atom. The van der Waals surface area contributed by atoms with Crippen LogP contribution in [0.3, 0.4) is 0 Å². The fourth-order valence-corrected chi connectivity index (χ4v) is 3.86. The van der Waals surface area contributed by atoms with Crippen molar-refractivity contribution in [3.05, 3.63) is 82.5 Å². The van der Waals surface area contributed by atoms with E-state index < -0.39 is 4.92 Å². The third-order valence-electron chi connectivity index (χ3n) is 4.54. The van der Waals surface area contributed by atoms with E-state index >= 15 is 0 Å². The van der Waals surface area contributed by atoms with Gasteiger partial charge >= 0.3 is 0 Å². The number of nitro groups is 1. The van der Waals surface area contributed by atoms with Gasteiger partial charge in [0, 0.05) is 30.1 Å². The predicted octanol–water partition coefficient (Wildman–Crippen LogP) is 5.25. The molecule has 8 nitrogen and oxygen atoms in total. The lowest BCUT2D eigenvalue weighted by Crippen LogP contribution is -2.01. The molecule has 0 aliphatic heterocycles. The zero-order valence-electron chi connectivity index (χ0n) is 16.4. The molecule has 0 fully saturated rings. The lowest BCUT2D eigenvalue weighted by atomic mass is 10.0. The first-order chi connectivity index (χ1) is 14.5. The number of nitro benzene ring substituents is 1. The molecule has 9 heteroatoms. The molecule has 2 heterocycles. The molecule has 4 rings (SSSR count). The van der Waals surface area contributed by atoms with Gasteiger partial charge < -0.3 is 4.42 Å². The van der Waals surface area contributed by atoms with Crippen LogP contribution < -0.4 is 0 Å². The Labute approximate surface area is 177 Å². The Morgan fingerprint density at radius 2 is 1.90 bits per heavy atom. The van der Waals surface area contributed by atoms with Crippen molar-refractivity contribution >= 4 is 17.4 Å². The highest BCUT2D eigenvalue weighted by atomic mass is 32.2. The lowest BCUT2D eigenvalue weighted by Gasteiger charge is -2.14. The summed E-state index contributed by atoms with van der Waals surface area (Å²) in [5.41, 5.74) is 3.00. The lowest BCUT2D eigenvalue weighted by molar-refractivity contribution is -0.384. The van der Waals surface area contributed by atoms with Crippen molar-refractivity contribution in [2.24, 2.45) is 0 Å². The van der Waals surface area contributed by atoms with Gasteiger partial charge in [-0.2, -0.15) is 0 Å². The molecule has 0 spiro atoms. The van der Waals surface area contributed by atoms with Crippen LogP contribution in [0.1, 0.15) is 31.2 Å². The first-order valence-electron chi connectivity index (χ1n) is 9.35. The summed E-state index contributed by atoms with van der Waals surface area (Å²) in [6, 6.07) is 14.3. The van der Waals surface area contributed by atoms with E-state index in [1.807, 2.05) is 18.3 Å². The number of para-hydroxylation sites is 1. The van der Waals surface area contributed by atoms with Crippen molar-refractivity contribution in [3.63, 3.8) is 0 Å². The molecule has 2 aromatic heterocycles. The predicted molar refractivity (Wildman–Crippen MR) is 114 cm³/mol. The monoisotopic (exact) mass is 421 g/mol. The van der Waals surface area contributed by atoms with Crippen LogP contribution in [-0.2, 0) is 5.75 Å². The molecule has 4 aromatic rings. The van der Waals surface area contributed by atoms with Gasteiger partial charge in [0.15, 0.2) is 5.16 Å². The minimum Gasteiger partial charge on any atom is -0.420 e. The molecular weight excluding hydrogens is 402 g/mol. The number of nitrogens with zero attached hydrogens (tertiary/aromatic N) is 5. The molecule has 0 aliphatic carbocycles. The number of aromatic nitrogens is 4. The molecule has 0 unspecified atom stereocenters. The fraction of sp³-hybridized carbons (Fsp3) is 0.190. The second-order valence-electron chi connectivity index (χ2n) is 6.89. The summed E-state index contributed by atoms with van der Waals surface area (Å²) in [5.74, 6) is 1.64. The molecule has 0 amide bonds. The smallest absolute Gasteiger partial charge is 0.269 e. The van der Waals surface area contributed by atoms with Crippen LogP contribution in [0.2, 0.25) is 0 Å². The first-order valence-corrected chi connectivity index (χ1v) is 10.3. The summed E-state index contributed by atoms with van der Waals surface area (Å²) >= 11 is 1.50. The Kier molecular flexibility index (Phi) is 5.62. The van der Waals surface area contributed by atoms with Crippen LogP contribution in [-0.4, -0.2) is 24.7 Å². The highest BCUT2D eigenvalue weighted by Crippen LogP contribution is 2.29. The summed E-state index contributed by atoms with van der Waals surface area (Å²) in [4.78, 5) is 14.8. The maximum absolute atomic E-state index is 10.8. The Morgan fingerprint density at radius 1 is 1.13 bits per heavy atom. The van der Waals surface area contributed by atoms with Gasteiger partial charge in [-0.3, -0.25) is 14.7 Å². The zero-order chi connectivity index (χ0) is 21.1. The van der Waals surface area contributed by atoms with Gasteiger partial charge in [-0.05, 0) is 29.7 Å². The maximum atomic E-state index is 10.8. The van der Waals surface area contributed by atoms with Crippen molar-refractivity contribution in [3.8, 4) is 17.1 Å². The average molecular weight is 421 g/mol. The molecular formula is C21H19N5O3S. The largest absolute Gasteiger partial charge is 0.420 e. The summed E-state index contributed by atoms with van der Waals surface area (Å²) in [5, 5.41) is 19.8. The second-order valence-corrected chi connectivity index (χ2v) is 7.83. The first kappa shape index (κ1) is 19.8. The molecule has 0 radical (unpaired) electrons. The average Bonchev–Trinajstić information content (AvgIpc) is 3.41. The second kappa shape index (κ2) is 8.50. The van der Waals surface area contributed by atoms with Gasteiger partial charge in [0.05, 0.1) is 16.4 Å². The van der Waals surface area contributed by atoms with E-state index in [0.29, 0.717) is 29.0 Å². The number of hydrogen-bond donors (Lipinski definition) is 0. The molecule has 30 heavy (non-hydrogen) atoms. The quantitative estimate of drug-likeness (QED) is 0.228. The number of rotatable bonds is 7. The fourth-order valence-electron chi connectivity index (χ4n) is 3.06. The maximum Gasteiger partial charge on any atom is 0.269 e. The van der Waals surface area contributed by atoms with Gasteiger partial charge in [0.25, 0.3) is 5.69 Å². The molecule has 0 aliphatic rings. The standard InChI is InChI=1S/C21H19N5O3S/c1-14(2)17-5-3-4-6-18(17)25-12-11-22-21(25)30-13-19-23-24-20(29-19)15-7-9-16(10-8-15)26(27)28/h3-12,14H,13H2,1-2H3. The van der Waals surface area contributed by atoms with Gasteiger partial charge in [0.1, 0.15) is 0 Å². The molecule has 2 aromatic carbocycles. The van der Waals surface area contributed by atoms with Gasteiger partial charge in [-0.15, -0.1) is 10.2 Å². The van der Waals surface area contributed by atoms with Crippen LogP contribution in [0, 0.1) is 10.1 Å². The van der Waals surface area contributed by atoms with Crippen molar-refractivity contribution < 1.29 is 9.34 Å². The van der Waals surface area contributed by atoms with Gasteiger partial charge in [-0.1, -0.05) is 43.8 Å². The molecule has 0 atom stereocenters. The van der Waals surface area contributed by atoms with Crippen LogP contribution in [0.4, 0.5) is 5.69 Å². The molecule has 0 N–H and O–H groups in total. The van der Waals surface area contributed by atoms with E-state index in [4.69, 9.17) is 4.42 Å². The van der Waals surface area contributed by atoms with E-state index in [0.717, 1.165) is 10.8 Å². The number of imidazole rings is 1. The summed E-state index contributed by atoms with van der Waals surface area (Å²) in [6.07, 6.45) is 3.72. The van der Waals surface area contributed by atoms with Crippen LogP contribution in [0.15, 0.2) is 70.5 Å². The highest BCUT2D eigenvalue weighted by Gasteiger charge is 2.15. The third-order valence-corrected chi connectivity index (χ3v) is 5.49. The number of benzene rings is 2. The van der Waals surface area contributed by atoms with Crippen molar-refractivity contribution in [2.75, 3.05) is 0 Å². The normalized spacial score (nSPS) is 11.2. The topological polar surface area (TPSA) is 99.9 Å². The van der Waals surface area contributed by atoms with Crippen LogP contribution in [0.25, 0.3) is 17.1 Å². The third kappa shape index (κ3) is 4.11. The van der Waals surface area contributed by atoms with Crippen LogP contribution in [0.5, 0.6) is 0 Å². The number of thioether (sulfide) groups is 1. The molecule has 0 saturated carbocycles. The molecule has 0 bridgehead atoms. The van der Waals surface area contributed by atoms with Crippen molar-refractivity contribution in [2.45, 2.75) is 30.7 Å². The van der Waals surface area contributed by atoms with Gasteiger partial charge in [-0.25, -0.2) is 4.98 Å². The SMILES string of the molecule is CC(C)c1ccccc1-n1ccnc1SCc1nnc(-c2ccc([N+](=O)[O-])cc2)o1. The minimum atomic E-state index is -0.445. The van der Waals surface area contributed by atoms with Crippen molar-refractivity contribution in [1.29, 1.82) is 0 Å². The van der Waals surface area contributed by atoms with Crippen LogP contribution >= 0.6 is 11.8 Å². The number of hydrogen-bond acceptors (Lipinski definition) is 7. The molecule has 152 valence electrons. The zero-order valence-corrected chi connectivity index (χ0v) is 17.2. The summed E-state index contributed by atoms with van der Waals surface area (Å²) < 4.78 is 7.79. The highest BCUT2D eigenvalue weighted by molar-refractivity contribution is 7.98.